The molecular weight excluding hydrogens is 476 g/mol. The highest BCUT2D eigenvalue weighted by Gasteiger charge is 2.16. The predicted octanol–water partition coefficient (Wildman–Crippen LogP) is 13.2. The van der Waals surface area contributed by atoms with Crippen molar-refractivity contribution in [1.82, 2.24) is 0 Å². The Hall–Kier alpha value is -0.790. The van der Waals surface area contributed by atoms with Crippen molar-refractivity contribution in [2.75, 3.05) is 0 Å². The Morgan fingerprint density at radius 1 is 0.487 bits per heavy atom. The number of hydrogen-bond donors (Lipinski definition) is 1. The number of carboxylic acid groups (broad SMARTS) is 1. The third-order valence-corrected chi connectivity index (χ3v) is 8.50. The van der Waals surface area contributed by atoms with Crippen LogP contribution in [0.2, 0.25) is 0 Å². The summed E-state index contributed by atoms with van der Waals surface area (Å²) >= 11 is 0. The zero-order chi connectivity index (χ0) is 28.7. The molecule has 0 rings (SSSR count). The molecule has 0 aromatic heterocycles. The molecule has 0 bridgehead atoms. The van der Waals surface area contributed by atoms with Crippen LogP contribution in [0.3, 0.4) is 0 Å². The Labute approximate surface area is 246 Å². The van der Waals surface area contributed by atoms with Crippen molar-refractivity contribution >= 4 is 5.97 Å². The molecule has 232 valence electrons. The van der Waals surface area contributed by atoms with Crippen molar-refractivity contribution in [3.63, 3.8) is 0 Å². The van der Waals surface area contributed by atoms with Gasteiger partial charge in [0.15, 0.2) is 0 Å². The Kier molecular flexibility index (Phi) is 31.1. The molecule has 39 heavy (non-hydrogen) atoms. The van der Waals surface area contributed by atoms with Gasteiger partial charge in [-0.2, -0.15) is 0 Å². The Bertz CT molecular complexity index is 510. The fraction of sp³-hybridized carbons (Fsp3) is 0.919. The van der Waals surface area contributed by atoms with E-state index in [1.54, 1.807) is 0 Å². The van der Waals surface area contributed by atoms with Crippen molar-refractivity contribution in [2.45, 2.75) is 207 Å². The van der Waals surface area contributed by atoms with E-state index >= 15 is 0 Å². The molecule has 0 aromatic carbocycles. The molecule has 2 heteroatoms. The van der Waals surface area contributed by atoms with Gasteiger partial charge in [-0.3, -0.25) is 4.79 Å². The molecule has 0 saturated heterocycles. The lowest BCUT2D eigenvalue weighted by molar-refractivity contribution is -0.142. The predicted molar refractivity (Wildman–Crippen MR) is 175 cm³/mol. The Balaban J connectivity index is 3.44. The number of rotatable bonds is 32. The second-order valence-electron chi connectivity index (χ2n) is 13.0. The SMILES string of the molecule is CCCCCCCCCCCCCCCCCCC(CCCCCC/C=C\CCCCCCC(C)C)C(=O)O. The van der Waals surface area contributed by atoms with E-state index in [0.29, 0.717) is 0 Å². The zero-order valence-corrected chi connectivity index (χ0v) is 27.2. The Morgan fingerprint density at radius 3 is 1.13 bits per heavy atom. The minimum Gasteiger partial charge on any atom is -0.481 e. The average molecular weight is 549 g/mol. The summed E-state index contributed by atoms with van der Waals surface area (Å²) in [6.45, 7) is 6.92. The summed E-state index contributed by atoms with van der Waals surface area (Å²) in [5.74, 6) is 0.170. The quantitative estimate of drug-likeness (QED) is 0.0670. The van der Waals surface area contributed by atoms with Gasteiger partial charge < -0.3 is 5.11 Å². The van der Waals surface area contributed by atoms with E-state index < -0.39 is 5.97 Å². The number of aliphatic carboxylic acids is 1. The van der Waals surface area contributed by atoms with Crippen LogP contribution < -0.4 is 0 Å². The lowest BCUT2D eigenvalue weighted by Crippen LogP contribution is -2.13. The van der Waals surface area contributed by atoms with E-state index in [9.17, 15) is 9.90 Å². The maximum Gasteiger partial charge on any atom is 0.306 e. The largest absolute Gasteiger partial charge is 0.481 e. The molecule has 1 unspecified atom stereocenters. The molecule has 2 nitrogen and oxygen atoms in total. The van der Waals surface area contributed by atoms with Crippen LogP contribution in [-0.4, -0.2) is 11.1 Å². The molecule has 0 fully saturated rings. The number of carbonyl (C=O) groups is 1. The van der Waals surface area contributed by atoms with Gasteiger partial charge in [-0.15, -0.1) is 0 Å². The van der Waals surface area contributed by atoms with Crippen molar-refractivity contribution in [3.05, 3.63) is 12.2 Å². The first-order valence-electron chi connectivity index (χ1n) is 18.0. The standard InChI is InChI=1S/C37H72O2/c1-4-5-6-7-8-9-10-11-12-13-14-18-21-24-27-30-33-36(37(38)39)34-31-28-25-22-19-16-15-17-20-23-26-29-32-35(2)3/h15-16,35-36H,4-14,17-34H2,1-3H3,(H,38,39)/b16-15-. The first-order valence-corrected chi connectivity index (χ1v) is 18.0. The smallest absolute Gasteiger partial charge is 0.306 e. The van der Waals surface area contributed by atoms with Crippen molar-refractivity contribution < 1.29 is 9.90 Å². The fourth-order valence-electron chi connectivity index (χ4n) is 5.74. The number of allylic oxidation sites excluding steroid dienone is 2. The molecule has 1 atom stereocenters. The molecule has 0 heterocycles. The Morgan fingerprint density at radius 2 is 0.795 bits per heavy atom. The molecule has 0 radical (unpaired) electrons. The molecule has 0 aliphatic rings. The average Bonchev–Trinajstić information content (AvgIpc) is 2.91. The van der Waals surface area contributed by atoms with Gasteiger partial charge in [0.05, 0.1) is 5.92 Å². The van der Waals surface area contributed by atoms with Gasteiger partial charge in [0.2, 0.25) is 0 Å². The van der Waals surface area contributed by atoms with Crippen LogP contribution in [0.4, 0.5) is 0 Å². The van der Waals surface area contributed by atoms with Crippen molar-refractivity contribution in [2.24, 2.45) is 11.8 Å². The van der Waals surface area contributed by atoms with Crippen molar-refractivity contribution in [3.8, 4) is 0 Å². The summed E-state index contributed by atoms with van der Waals surface area (Å²) in [6.07, 6.45) is 42.5. The number of carboxylic acids is 1. The maximum atomic E-state index is 11.7. The van der Waals surface area contributed by atoms with Crippen LogP contribution in [0, 0.1) is 11.8 Å². The minimum atomic E-state index is -0.567. The highest BCUT2D eigenvalue weighted by atomic mass is 16.4. The lowest BCUT2D eigenvalue weighted by atomic mass is 9.94. The molecule has 0 aromatic rings. The number of unbranched alkanes of at least 4 members (excludes halogenated alkanes) is 23. The summed E-state index contributed by atoms with van der Waals surface area (Å²) in [7, 11) is 0. The third-order valence-electron chi connectivity index (χ3n) is 8.50. The topological polar surface area (TPSA) is 37.3 Å². The summed E-state index contributed by atoms with van der Waals surface area (Å²) in [5, 5.41) is 9.61. The molecule has 0 saturated carbocycles. The van der Waals surface area contributed by atoms with E-state index in [0.717, 1.165) is 31.6 Å². The van der Waals surface area contributed by atoms with Crippen LogP contribution in [0.25, 0.3) is 0 Å². The summed E-state index contributed by atoms with van der Waals surface area (Å²) < 4.78 is 0. The van der Waals surface area contributed by atoms with Gasteiger partial charge in [0.25, 0.3) is 0 Å². The molecule has 0 amide bonds. The van der Waals surface area contributed by atoms with E-state index in [1.165, 1.54) is 161 Å². The normalized spacial score (nSPS) is 12.6. The van der Waals surface area contributed by atoms with Crippen LogP contribution in [0.5, 0.6) is 0 Å². The second-order valence-corrected chi connectivity index (χ2v) is 13.0. The summed E-state index contributed by atoms with van der Waals surface area (Å²) in [5.41, 5.74) is 0. The van der Waals surface area contributed by atoms with Crippen LogP contribution in [0.1, 0.15) is 207 Å². The van der Waals surface area contributed by atoms with Gasteiger partial charge in [0, 0.05) is 0 Å². The fourth-order valence-corrected chi connectivity index (χ4v) is 5.74. The van der Waals surface area contributed by atoms with Gasteiger partial charge in [0.1, 0.15) is 0 Å². The van der Waals surface area contributed by atoms with Crippen LogP contribution >= 0.6 is 0 Å². The highest BCUT2D eigenvalue weighted by Crippen LogP contribution is 2.20. The first kappa shape index (κ1) is 38.2. The van der Waals surface area contributed by atoms with Gasteiger partial charge in [-0.25, -0.2) is 0 Å². The van der Waals surface area contributed by atoms with Gasteiger partial charge in [-0.05, 0) is 44.4 Å². The maximum absolute atomic E-state index is 11.7. The molecular formula is C37H72O2. The minimum absolute atomic E-state index is 0.114. The molecule has 1 N–H and O–H groups in total. The second kappa shape index (κ2) is 31.7. The first-order chi connectivity index (χ1) is 19.1. The molecule has 0 spiro atoms. The van der Waals surface area contributed by atoms with Gasteiger partial charge in [-0.1, -0.05) is 181 Å². The monoisotopic (exact) mass is 549 g/mol. The van der Waals surface area contributed by atoms with Crippen LogP contribution in [-0.2, 0) is 4.79 Å². The summed E-state index contributed by atoms with van der Waals surface area (Å²) in [4.78, 5) is 11.7. The number of hydrogen-bond acceptors (Lipinski definition) is 1. The summed E-state index contributed by atoms with van der Waals surface area (Å²) in [6, 6.07) is 0. The van der Waals surface area contributed by atoms with Crippen molar-refractivity contribution in [1.29, 1.82) is 0 Å². The lowest BCUT2D eigenvalue weighted by Gasteiger charge is -2.12. The third kappa shape index (κ3) is 31.6. The van der Waals surface area contributed by atoms with E-state index in [1.807, 2.05) is 0 Å². The van der Waals surface area contributed by atoms with Crippen LogP contribution in [0.15, 0.2) is 12.2 Å². The zero-order valence-electron chi connectivity index (χ0n) is 27.2. The highest BCUT2D eigenvalue weighted by molar-refractivity contribution is 5.69. The molecule has 0 aliphatic carbocycles. The van der Waals surface area contributed by atoms with Gasteiger partial charge >= 0.3 is 5.97 Å². The van der Waals surface area contributed by atoms with E-state index in [-0.39, 0.29) is 5.92 Å². The molecule has 0 aliphatic heterocycles. The van der Waals surface area contributed by atoms with E-state index in [2.05, 4.69) is 32.9 Å². The van der Waals surface area contributed by atoms with E-state index in [4.69, 9.17) is 0 Å².